The van der Waals surface area contributed by atoms with Gasteiger partial charge in [-0.1, -0.05) is 101 Å². The Labute approximate surface area is 526 Å². The van der Waals surface area contributed by atoms with Gasteiger partial charge in [-0.25, -0.2) is 4.79 Å². The highest BCUT2D eigenvalue weighted by atomic mass is 32.2. The van der Waals surface area contributed by atoms with Crippen molar-refractivity contribution in [2.75, 3.05) is 39.2 Å². The quantitative estimate of drug-likeness (QED) is 0.0312. The highest BCUT2D eigenvalue weighted by Crippen LogP contribution is 2.40. The lowest BCUT2D eigenvalue weighted by molar-refractivity contribution is -0.266. The maximum Gasteiger partial charge on any atom is 0.417 e. The largest absolute Gasteiger partial charge is 0.460 e. The number of alkyl halides is 3. The third kappa shape index (κ3) is 19.5. The minimum absolute atomic E-state index is 0.0188. The summed E-state index contributed by atoms with van der Waals surface area (Å²) >= 11 is 0.956. The van der Waals surface area contributed by atoms with Gasteiger partial charge in [0, 0.05) is 74.1 Å². The average Bonchev–Trinajstić information content (AvgIpc) is 2.57. The lowest BCUT2D eigenvalue weighted by Crippen LogP contribution is -2.61. The molecule has 4 aliphatic rings. The molecule has 0 spiro atoms. The van der Waals surface area contributed by atoms with Gasteiger partial charge in [-0.15, -0.1) is 0 Å². The Bertz CT molecular complexity index is 2960. The van der Waals surface area contributed by atoms with E-state index in [1.165, 1.54) is 25.3 Å². The highest BCUT2D eigenvalue weighted by molar-refractivity contribution is 8.03. The van der Waals surface area contributed by atoms with Crippen molar-refractivity contribution in [1.29, 1.82) is 5.26 Å². The number of ketones is 3. The number of hydrogen-bond donors (Lipinski definition) is 5. The number of methoxy groups -OCH3 is 2. The van der Waals surface area contributed by atoms with Crippen molar-refractivity contribution in [1.82, 2.24) is 4.90 Å². The summed E-state index contributed by atoms with van der Waals surface area (Å²) in [5.41, 5.74) is 6.45. The first kappa shape index (κ1) is 72.1. The fourth-order valence-electron chi connectivity index (χ4n) is 12.4. The van der Waals surface area contributed by atoms with Crippen LogP contribution in [0.15, 0.2) is 106 Å². The number of ether oxygens (including phenoxy) is 5. The van der Waals surface area contributed by atoms with Gasteiger partial charge in [0.1, 0.15) is 36.2 Å². The highest BCUT2D eigenvalue weighted by Gasteiger charge is 2.53. The fraction of sp³-hybridized carbons (Fsp3) is 0.588. The summed E-state index contributed by atoms with van der Waals surface area (Å²) in [6, 6.07) is 12.3. The van der Waals surface area contributed by atoms with Crippen LogP contribution in [0.5, 0.6) is 0 Å². The van der Waals surface area contributed by atoms with Gasteiger partial charge in [0.2, 0.25) is 5.79 Å². The summed E-state index contributed by atoms with van der Waals surface area (Å²) in [4.78, 5) is 73.8. The number of nitrogens with zero attached hydrogens (tertiary/aromatic N) is 2. The molecule has 1 aliphatic carbocycles. The standard InChI is InChI=1S/C68H91F3N4O13S/c1-40-17-11-10-12-18-41(2)57(86-32-30-74-48-24-27-50(28-25-48)89-64(73)52(39-72)51-19-13-14-20-53(51)68(69,70)71)37-49-26-22-46(7)67(83,88-49)63(80)65(81)75-31-16-15-21-54(75)66(82)87-58(43(4)35-47-23-29-55(76)59(36-47)84-8)38-56(77)42(3)34-45(6)61(79)62(85-9)60(78)44(5)33-40/h10-14,17-20,24-25,27-28,34,40,42-44,46-47,49,54-55,57-59,61-62,74,76,79,83H,15-16,21-23,26,29-33,35-38,73H2,1-9H3/b12-10+,17-11+,41-18?,45-34-,64-52+/t40-,42-,43?,44-,46-,47-,49+,54+,55-,57+,58+,59-,61-,62+,67-/m1/s1. The number of esters is 1. The van der Waals surface area contributed by atoms with E-state index in [9.17, 15) is 57.7 Å². The van der Waals surface area contributed by atoms with Crippen molar-refractivity contribution in [3.05, 3.63) is 112 Å². The number of piperidine rings is 1. The van der Waals surface area contributed by atoms with Crippen LogP contribution in [0.4, 0.5) is 18.9 Å². The number of nitrogens with one attached hydrogen (secondary N) is 1. The average molecular weight is 1260 g/mol. The molecule has 0 aromatic heterocycles. The second-order valence-corrected chi connectivity index (χ2v) is 25.8. The zero-order chi connectivity index (χ0) is 65.3. The molecule has 2 bridgehead atoms. The number of Topliss-reactive ketones (excluding diaryl/α,β-unsaturated/α-hetero) is 3. The second-order valence-electron chi connectivity index (χ2n) is 24.7. The molecule has 2 aromatic carbocycles. The normalized spacial score (nSPS) is 32.4. The number of nitrogens with two attached hydrogens (primary N) is 1. The molecule has 15 atom stereocenters. The Hall–Kier alpha value is -5.96. The van der Waals surface area contributed by atoms with Crippen LogP contribution in [0.2, 0.25) is 0 Å². The molecule has 3 aliphatic heterocycles. The number of fused-ring (bicyclic) bond motifs is 3. The fourth-order valence-corrected chi connectivity index (χ4v) is 13.2. The maximum atomic E-state index is 14.6. The Morgan fingerprint density at radius 2 is 1.63 bits per heavy atom. The van der Waals surface area contributed by atoms with Crippen molar-refractivity contribution >= 4 is 52.2 Å². The van der Waals surface area contributed by atoms with Crippen LogP contribution < -0.4 is 11.1 Å². The number of halogens is 3. The molecule has 2 aromatic rings. The molecule has 3 heterocycles. The van der Waals surface area contributed by atoms with Crippen LogP contribution >= 0.6 is 11.8 Å². The van der Waals surface area contributed by atoms with Crippen LogP contribution in [-0.2, 0) is 53.8 Å². The first-order valence-electron chi connectivity index (χ1n) is 31.0. The van der Waals surface area contributed by atoms with Crippen LogP contribution in [0.1, 0.15) is 137 Å². The van der Waals surface area contributed by atoms with E-state index in [1.807, 2.05) is 57.2 Å². The number of nitriles is 1. The number of aliphatic hydroxyl groups excluding tert-OH is 2. The lowest BCUT2D eigenvalue weighted by Gasteiger charge is -2.43. The van der Waals surface area contributed by atoms with E-state index in [-0.39, 0.29) is 78.1 Å². The number of hydrogen-bond acceptors (Lipinski definition) is 17. The van der Waals surface area contributed by atoms with Crippen LogP contribution in [0.25, 0.3) is 5.57 Å². The predicted molar refractivity (Wildman–Crippen MR) is 333 cm³/mol. The Morgan fingerprint density at radius 3 is 2.31 bits per heavy atom. The summed E-state index contributed by atoms with van der Waals surface area (Å²) in [6.45, 7) is 12.9. The molecule has 21 heteroatoms. The van der Waals surface area contributed by atoms with Crippen molar-refractivity contribution in [3.8, 4) is 6.07 Å². The number of amides is 1. The monoisotopic (exact) mass is 1260 g/mol. The summed E-state index contributed by atoms with van der Waals surface area (Å²) < 4.78 is 71.8. The van der Waals surface area contributed by atoms with Gasteiger partial charge in [-0.2, -0.15) is 18.4 Å². The van der Waals surface area contributed by atoms with Crippen LogP contribution in [-0.4, -0.2) is 138 Å². The van der Waals surface area contributed by atoms with Gasteiger partial charge >= 0.3 is 12.1 Å². The lowest BCUT2D eigenvalue weighted by atomic mass is 9.78. The summed E-state index contributed by atoms with van der Waals surface area (Å²) in [7, 11) is 2.90. The molecule has 6 rings (SSSR count). The predicted octanol–water partition coefficient (Wildman–Crippen LogP) is 10.6. The molecule has 1 saturated carbocycles. The smallest absolute Gasteiger partial charge is 0.417 e. The molecule has 1 amide bonds. The van der Waals surface area contributed by atoms with Crippen molar-refractivity contribution in [2.24, 2.45) is 41.2 Å². The van der Waals surface area contributed by atoms with E-state index >= 15 is 0 Å². The number of benzene rings is 2. The molecule has 89 heavy (non-hydrogen) atoms. The first-order valence-corrected chi connectivity index (χ1v) is 31.9. The number of rotatable bonds is 13. The third-order valence-electron chi connectivity index (χ3n) is 17.9. The van der Waals surface area contributed by atoms with Gasteiger partial charge in [-0.3, -0.25) is 19.2 Å². The van der Waals surface area contributed by atoms with E-state index in [0.717, 1.165) is 28.3 Å². The zero-order valence-corrected chi connectivity index (χ0v) is 53.5. The Balaban J connectivity index is 1.25. The van der Waals surface area contributed by atoms with E-state index in [2.05, 4.69) is 5.32 Å². The van der Waals surface area contributed by atoms with E-state index in [0.29, 0.717) is 80.5 Å². The maximum absolute atomic E-state index is 14.6. The summed E-state index contributed by atoms with van der Waals surface area (Å²) in [5.74, 6) is -8.81. The van der Waals surface area contributed by atoms with Crippen LogP contribution in [0.3, 0.4) is 0 Å². The number of cyclic esters (lactones) is 1. The SMILES string of the molecule is CO[C@@H]1C[C@@H](CC(C)[C@@H]2CC(=O)[C@H](C)/C=C(/C)[C@@H](O)[C@@H](OC)C(=O)[C@H](C)C[C@H](C)/C=C/C=C/C=C(C)[C@@H](OCCNc3ccc(S/C(N)=C(\C#N)c4ccccc4C(F)(F)F)cc3)C[C@@H]3CC[C@@H](C)[C@@](O)(O3)C(=O)C(=O)N3CCCC[C@H]3C(=O)O2)CC[C@H]1O. The molecule has 6 N–H and O–H groups in total. The van der Waals surface area contributed by atoms with Crippen molar-refractivity contribution in [3.63, 3.8) is 0 Å². The van der Waals surface area contributed by atoms with E-state index < -0.39 is 102 Å². The van der Waals surface area contributed by atoms with Crippen LogP contribution in [0, 0.1) is 46.8 Å². The molecule has 488 valence electrons. The van der Waals surface area contributed by atoms with E-state index in [1.54, 1.807) is 65.1 Å². The molecule has 2 saturated heterocycles. The number of aliphatic hydroxyl groups is 3. The van der Waals surface area contributed by atoms with Crippen molar-refractivity contribution in [2.45, 2.75) is 191 Å². The van der Waals surface area contributed by atoms with Crippen molar-refractivity contribution < 1.29 is 76.1 Å². The number of carbonyl (C=O) groups excluding carboxylic acids is 5. The number of anilines is 1. The first-order chi connectivity index (χ1) is 42.2. The van der Waals surface area contributed by atoms with E-state index in [4.69, 9.17) is 29.4 Å². The minimum atomic E-state index is -4.69. The Kier molecular flexibility index (Phi) is 27.0. The summed E-state index contributed by atoms with van der Waals surface area (Å²) in [5, 5.41) is 47.5. The van der Waals surface area contributed by atoms with Gasteiger partial charge < -0.3 is 55.0 Å². The molecular formula is C68H91F3N4O13S. The van der Waals surface area contributed by atoms with Gasteiger partial charge in [-0.05, 0) is 137 Å². The molecule has 0 radical (unpaired) electrons. The second kappa shape index (κ2) is 33.4. The molecule has 3 fully saturated rings. The number of allylic oxidation sites excluding steroid dienone is 7. The summed E-state index contributed by atoms with van der Waals surface area (Å²) in [6.07, 6.45) is 4.79. The molecule has 17 nitrogen and oxygen atoms in total. The minimum Gasteiger partial charge on any atom is -0.460 e. The van der Waals surface area contributed by atoms with Gasteiger partial charge in [0.05, 0.1) is 47.2 Å². The zero-order valence-electron chi connectivity index (χ0n) is 52.7. The molecule has 1 unspecified atom stereocenters. The molecular weight excluding hydrogens is 1170 g/mol. The topological polar surface area (TPSA) is 257 Å². The third-order valence-corrected chi connectivity index (χ3v) is 18.8. The number of carbonyl (C=O) groups is 5. The number of thioether (sulfide) groups is 1. The van der Waals surface area contributed by atoms with Gasteiger partial charge in [0.15, 0.2) is 5.78 Å². The van der Waals surface area contributed by atoms with Gasteiger partial charge in [0.25, 0.3) is 11.7 Å². The Morgan fingerprint density at radius 1 is 0.910 bits per heavy atom.